The van der Waals surface area contributed by atoms with Crippen LogP contribution < -0.4 is 5.32 Å². The van der Waals surface area contributed by atoms with Crippen molar-refractivity contribution in [3.8, 4) is 0 Å². The zero-order valence-corrected chi connectivity index (χ0v) is 15.0. The quantitative estimate of drug-likeness (QED) is 0.734. The predicted octanol–water partition coefficient (Wildman–Crippen LogP) is 4.72. The number of aromatic nitrogens is 1. The first-order valence-corrected chi connectivity index (χ1v) is 8.73. The number of nitrogens with zero attached hydrogens (tertiary/aromatic N) is 1. The molecule has 0 spiro atoms. The van der Waals surface area contributed by atoms with E-state index in [9.17, 15) is 4.79 Å². The molecule has 25 heavy (non-hydrogen) atoms. The molecular formula is C20H22N2O3. The molecule has 1 aliphatic carbocycles. The Morgan fingerprint density at radius 1 is 1.28 bits per heavy atom. The van der Waals surface area contributed by atoms with Crippen LogP contribution in [0.15, 0.2) is 21.1 Å². The van der Waals surface area contributed by atoms with Gasteiger partial charge in [-0.25, -0.2) is 0 Å². The fourth-order valence-electron chi connectivity index (χ4n) is 3.85. The molecule has 0 saturated carbocycles. The largest absolute Gasteiger partial charge is 0.451 e. The highest BCUT2D eigenvalue weighted by Gasteiger charge is 2.26. The molecule has 0 bridgehead atoms. The van der Waals surface area contributed by atoms with Gasteiger partial charge in [-0.1, -0.05) is 18.1 Å². The van der Waals surface area contributed by atoms with Gasteiger partial charge in [-0.2, -0.15) is 0 Å². The lowest BCUT2D eigenvalue weighted by Crippen LogP contribution is -2.16. The van der Waals surface area contributed by atoms with Gasteiger partial charge in [-0.15, -0.1) is 0 Å². The van der Waals surface area contributed by atoms with Crippen molar-refractivity contribution in [3.05, 3.63) is 45.8 Å². The Morgan fingerprint density at radius 3 is 2.88 bits per heavy atom. The summed E-state index contributed by atoms with van der Waals surface area (Å²) >= 11 is 0. The van der Waals surface area contributed by atoms with Crippen LogP contribution in [0, 0.1) is 26.7 Å². The SMILES string of the molecule is Cc1cc(C)c2c(C)c(C(=O)Nc3onc4c3C[C@H](C)CC4)oc2c1. The molecule has 1 amide bonds. The van der Waals surface area contributed by atoms with Crippen LogP contribution in [-0.4, -0.2) is 11.1 Å². The molecule has 0 fully saturated rings. The Bertz CT molecular complexity index is 981. The number of furan rings is 1. The molecule has 1 aliphatic rings. The Balaban J connectivity index is 1.69. The normalized spacial score (nSPS) is 16.9. The Morgan fingerprint density at radius 2 is 2.08 bits per heavy atom. The van der Waals surface area contributed by atoms with Gasteiger partial charge >= 0.3 is 0 Å². The van der Waals surface area contributed by atoms with E-state index in [0.717, 1.165) is 58.2 Å². The summed E-state index contributed by atoms with van der Waals surface area (Å²) in [7, 11) is 0. The van der Waals surface area contributed by atoms with E-state index >= 15 is 0 Å². The molecule has 1 atom stereocenters. The van der Waals surface area contributed by atoms with Crippen molar-refractivity contribution in [2.75, 3.05) is 5.32 Å². The van der Waals surface area contributed by atoms with E-state index in [1.807, 2.05) is 26.8 Å². The fourth-order valence-corrected chi connectivity index (χ4v) is 3.85. The number of amides is 1. The zero-order valence-electron chi connectivity index (χ0n) is 15.0. The first-order chi connectivity index (χ1) is 11.9. The standard InChI is InChI=1S/C20H22N2O3/c1-10-5-6-15-14(8-10)20(25-22-15)21-19(23)18-13(4)17-12(3)7-11(2)9-16(17)24-18/h7,9-10H,5-6,8H2,1-4H3,(H,21,23)/t10-/m1/s1. The third kappa shape index (κ3) is 2.64. The van der Waals surface area contributed by atoms with E-state index in [2.05, 4.69) is 23.5 Å². The van der Waals surface area contributed by atoms with Crippen LogP contribution in [0.2, 0.25) is 0 Å². The van der Waals surface area contributed by atoms with Crippen LogP contribution in [0.5, 0.6) is 0 Å². The van der Waals surface area contributed by atoms with E-state index in [0.29, 0.717) is 17.6 Å². The van der Waals surface area contributed by atoms with Crippen molar-refractivity contribution >= 4 is 22.8 Å². The highest BCUT2D eigenvalue weighted by Crippen LogP contribution is 2.33. The van der Waals surface area contributed by atoms with Crippen LogP contribution in [-0.2, 0) is 12.8 Å². The number of aryl methyl sites for hydroxylation is 4. The Kier molecular flexibility index (Phi) is 3.67. The minimum absolute atomic E-state index is 0.289. The van der Waals surface area contributed by atoms with Gasteiger partial charge < -0.3 is 8.94 Å². The molecule has 0 aliphatic heterocycles. The lowest BCUT2D eigenvalue weighted by molar-refractivity contribution is 0.0994. The maximum Gasteiger partial charge on any atom is 0.294 e. The van der Waals surface area contributed by atoms with Crippen molar-refractivity contribution in [2.24, 2.45) is 5.92 Å². The van der Waals surface area contributed by atoms with E-state index in [1.54, 1.807) is 0 Å². The van der Waals surface area contributed by atoms with Gasteiger partial charge in [0, 0.05) is 16.5 Å². The van der Waals surface area contributed by atoms with E-state index in [-0.39, 0.29) is 5.91 Å². The Labute approximate surface area is 146 Å². The van der Waals surface area contributed by atoms with Gasteiger partial charge in [0.15, 0.2) is 5.76 Å². The van der Waals surface area contributed by atoms with Gasteiger partial charge in [0.1, 0.15) is 5.58 Å². The number of rotatable bonds is 2. The highest BCUT2D eigenvalue weighted by atomic mass is 16.5. The number of carbonyl (C=O) groups is 1. The number of benzene rings is 1. The van der Waals surface area contributed by atoms with E-state index in [4.69, 9.17) is 8.94 Å². The second-order valence-corrected chi connectivity index (χ2v) is 7.25. The third-order valence-corrected chi connectivity index (χ3v) is 5.10. The molecule has 5 nitrogen and oxygen atoms in total. The molecule has 5 heteroatoms. The Hall–Kier alpha value is -2.56. The van der Waals surface area contributed by atoms with E-state index < -0.39 is 0 Å². The first kappa shape index (κ1) is 15.9. The molecule has 4 rings (SSSR count). The first-order valence-electron chi connectivity index (χ1n) is 8.73. The molecule has 2 aromatic heterocycles. The minimum Gasteiger partial charge on any atom is -0.451 e. The molecule has 3 aromatic rings. The van der Waals surface area contributed by atoms with Gasteiger partial charge in [0.25, 0.3) is 5.91 Å². The minimum atomic E-state index is -0.289. The smallest absolute Gasteiger partial charge is 0.294 e. The van der Waals surface area contributed by atoms with Gasteiger partial charge in [0.2, 0.25) is 5.88 Å². The maximum atomic E-state index is 12.8. The van der Waals surface area contributed by atoms with Crippen molar-refractivity contribution < 1.29 is 13.7 Å². The number of carbonyl (C=O) groups excluding carboxylic acids is 1. The van der Waals surface area contributed by atoms with Crippen LogP contribution in [0.1, 0.15) is 51.8 Å². The molecule has 1 aromatic carbocycles. The lowest BCUT2D eigenvalue weighted by atomic mass is 9.89. The topological polar surface area (TPSA) is 68.3 Å². The average Bonchev–Trinajstić information content (AvgIpc) is 3.08. The monoisotopic (exact) mass is 338 g/mol. The molecule has 0 saturated heterocycles. The molecule has 2 heterocycles. The second-order valence-electron chi connectivity index (χ2n) is 7.25. The van der Waals surface area contributed by atoms with Crippen LogP contribution >= 0.6 is 0 Å². The zero-order chi connectivity index (χ0) is 17.7. The second kappa shape index (κ2) is 5.76. The summed E-state index contributed by atoms with van der Waals surface area (Å²) < 4.78 is 11.3. The predicted molar refractivity (Wildman–Crippen MR) is 96.1 cm³/mol. The summed E-state index contributed by atoms with van der Waals surface area (Å²) in [6, 6.07) is 4.06. The van der Waals surface area contributed by atoms with Crippen molar-refractivity contribution in [3.63, 3.8) is 0 Å². The molecule has 0 unspecified atom stereocenters. The number of anilines is 1. The van der Waals surface area contributed by atoms with Crippen LogP contribution in [0.3, 0.4) is 0 Å². The van der Waals surface area contributed by atoms with Gasteiger partial charge in [-0.05, 0) is 63.1 Å². The summed E-state index contributed by atoms with van der Waals surface area (Å²) in [4.78, 5) is 12.8. The van der Waals surface area contributed by atoms with Crippen molar-refractivity contribution in [1.29, 1.82) is 0 Å². The number of hydrogen-bond acceptors (Lipinski definition) is 4. The summed E-state index contributed by atoms with van der Waals surface area (Å²) in [5, 5.41) is 7.97. The summed E-state index contributed by atoms with van der Waals surface area (Å²) in [6.07, 6.45) is 2.89. The third-order valence-electron chi connectivity index (χ3n) is 5.10. The molecule has 0 radical (unpaired) electrons. The maximum absolute atomic E-state index is 12.8. The average molecular weight is 338 g/mol. The van der Waals surface area contributed by atoms with E-state index in [1.165, 1.54) is 0 Å². The van der Waals surface area contributed by atoms with Crippen LogP contribution in [0.25, 0.3) is 11.0 Å². The highest BCUT2D eigenvalue weighted by molar-refractivity contribution is 6.06. The van der Waals surface area contributed by atoms with Crippen molar-refractivity contribution in [2.45, 2.75) is 47.0 Å². The summed E-state index contributed by atoms with van der Waals surface area (Å²) in [5.74, 6) is 1.07. The number of nitrogens with one attached hydrogen (secondary N) is 1. The van der Waals surface area contributed by atoms with Crippen molar-refractivity contribution in [1.82, 2.24) is 5.16 Å². The number of fused-ring (bicyclic) bond motifs is 2. The lowest BCUT2D eigenvalue weighted by Gasteiger charge is -2.16. The summed E-state index contributed by atoms with van der Waals surface area (Å²) in [5.41, 5.74) is 5.80. The van der Waals surface area contributed by atoms with Gasteiger partial charge in [-0.3, -0.25) is 10.1 Å². The molecule has 1 N–H and O–H groups in total. The molecular weight excluding hydrogens is 316 g/mol. The van der Waals surface area contributed by atoms with Gasteiger partial charge in [0.05, 0.1) is 5.69 Å². The molecule has 130 valence electrons. The number of hydrogen-bond donors (Lipinski definition) is 1. The van der Waals surface area contributed by atoms with Crippen LogP contribution in [0.4, 0.5) is 5.88 Å². The summed E-state index contributed by atoms with van der Waals surface area (Å²) in [6.45, 7) is 8.18. The fraction of sp³-hybridized carbons (Fsp3) is 0.400.